The SMILES string of the molecule is CNC(=O)c1ccc2c(c1)CC(C)N2Cc1ccoc1C(=O)Nc1ccc(S(N)(=O)=O)cc1. The summed E-state index contributed by atoms with van der Waals surface area (Å²) >= 11 is 0. The Hall–Kier alpha value is -3.63. The minimum atomic E-state index is -3.81. The molecule has 1 aliphatic heterocycles. The molecule has 4 rings (SSSR count). The van der Waals surface area contributed by atoms with Crippen LogP contribution in [0.25, 0.3) is 0 Å². The number of carbonyl (C=O) groups excluding carboxylic acids is 2. The minimum absolute atomic E-state index is 0.0413. The quantitative estimate of drug-likeness (QED) is 0.509. The Morgan fingerprint density at radius 1 is 1.12 bits per heavy atom. The third-order valence-electron chi connectivity index (χ3n) is 5.66. The minimum Gasteiger partial charge on any atom is -0.459 e. The van der Waals surface area contributed by atoms with Crippen molar-refractivity contribution < 1.29 is 22.4 Å². The highest BCUT2D eigenvalue weighted by atomic mass is 32.2. The van der Waals surface area contributed by atoms with E-state index in [1.165, 1.54) is 30.5 Å². The van der Waals surface area contributed by atoms with Crippen LogP contribution in [-0.4, -0.2) is 33.3 Å². The van der Waals surface area contributed by atoms with Gasteiger partial charge in [0.1, 0.15) is 0 Å². The number of nitrogens with zero attached hydrogens (tertiary/aromatic N) is 1. The first-order valence-electron chi connectivity index (χ1n) is 10.3. The molecule has 0 radical (unpaired) electrons. The average molecular weight is 469 g/mol. The number of benzene rings is 2. The number of rotatable bonds is 6. The monoisotopic (exact) mass is 468 g/mol. The van der Waals surface area contributed by atoms with Gasteiger partial charge >= 0.3 is 0 Å². The van der Waals surface area contributed by atoms with Crippen molar-refractivity contribution in [3.8, 4) is 0 Å². The molecule has 3 aromatic rings. The maximum absolute atomic E-state index is 12.8. The first kappa shape index (κ1) is 22.6. The highest BCUT2D eigenvalue weighted by Crippen LogP contribution is 2.34. The molecule has 1 atom stereocenters. The fraction of sp³-hybridized carbons (Fsp3) is 0.217. The largest absolute Gasteiger partial charge is 0.459 e. The number of anilines is 2. The molecule has 0 saturated heterocycles. The van der Waals surface area contributed by atoms with E-state index >= 15 is 0 Å². The molecule has 9 nitrogen and oxygen atoms in total. The summed E-state index contributed by atoms with van der Waals surface area (Å²) < 4.78 is 28.3. The smallest absolute Gasteiger partial charge is 0.291 e. The van der Waals surface area contributed by atoms with Gasteiger partial charge in [-0.05, 0) is 67.4 Å². The van der Waals surface area contributed by atoms with Crippen molar-refractivity contribution in [2.45, 2.75) is 30.8 Å². The van der Waals surface area contributed by atoms with Crippen LogP contribution in [0.3, 0.4) is 0 Å². The number of carbonyl (C=O) groups is 2. The van der Waals surface area contributed by atoms with Crippen molar-refractivity contribution in [2.75, 3.05) is 17.3 Å². The van der Waals surface area contributed by atoms with E-state index in [1.807, 2.05) is 12.1 Å². The van der Waals surface area contributed by atoms with Crippen LogP contribution in [-0.2, 0) is 23.0 Å². The van der Waals surface area contributed by atoms with E-state index in [0.717, 1.165) is 17.7 Å². The normalized spacial score (nSPS) is 15.2. The molecule has 0 aliphatic carbocycles. The third-order valence-corrected chi connectivity index (χ3v) is 6.59. The van der Waals surface area contributed by atoms with Crippen LogP contribution in [0.1, 0.15) is 39.0 Å². The van der Waals surface area contributed by atoms with E-state index in [4.69, 9.17) is 9.56 Å². The highest BCUT2D eigenvalue weighted by molar-refractivity contribution is 7.89. The summed E-state index contributed by atoms with van der Waals surface area (Å²) in [7, 11) is -2.21. The summed E-state index contributed by atoms with van der Waals surface area (Å²) in [4.78, 5) is 26.9. The number of amides is 2. The summed E-state index contributed by atoms with van der Waals surface area (Å²) in [6.07, 6.45) is 2.25. The Labute approximate surface area is 191 Å². The number of nitrogens with two attached hydrogens (primary N) is 1. The molecule has 172 valence electrons. The van der Waals surface area contributed by atoms with Crippen LogP contribution in [0.15, 0.2) is 64.1 Å². The van der Waals surface area contributed by atoms with Crippen LogP contribution in [0.4, 0.5) is 11.4 Å². The van der Waals surface area contributed by atoms with Gasteiger partial charge in [0.15, 0.2) is 5.76 Å². The number of hydrogen-bond acceptors (Lipinski definition) is 6. The van der Waals surface area contributed by atoms with Gasteiger partial charge < -0.3 is 20.0 Å². The molecule has 1 unspecified atom stereocenters. The molecule has 1 aliphatic rings. The molecular weight excluding hydrogens is 444 g/mol. The lowest BCUT2D eigenvalue weighted by atomic mass is 10.1. The molecule has 2 amide bonds. The summed E-state index contributed by atoms with van der Waals surface area (Å²) in [5.41, 5.74) is 3.83. The molecular formula is C23H24N4O5S. The second-order valence-corrected chi connectivity index (χ2v) is 9.46. The predicted octanol–water partition coefficient (Wildman–Crippen LogP) is 2.49. The van der Waals surface area contributed by atoms with Crippen molar-refractivity contribution in [3.63, 3.8) is 0 Å². The van der Waals surface area contributed by atoms with Crippen LogP contribution in [0.2, 0.25) is 0 Å². The topological polar surface area (TPSA) is 135 Å². The van der Waals surface area contributed by atoms with Gasteiger partial charge in [0.2, 0.25) is 10.0 Å². The van der Waals surface area contributed by atoms with Gasteiger partial charge in [-0.1, -0.05) is 0 Å². The summed E-state index contributed by atoms with van der Waals surface area (Å²) in [5, 5.41) is 10.5. The maximum atomic E-state index is 12.8. The highest BCUT2D eigenvalue weighted by Gasteiger charge is 2.29. The Balaban J connectivity index is 1.51. The Morgan fingerprint density at radius 2 is 1.85 bits per heavy atom. The molecule has 2 heterocycles. The predicted molar refractivity (Wildman–Crippen MR) is 124 cm³/mol. The van der Waals surface area contributed by atoms with E-state index in [2.05, 4.69) is 22.5 Å². The molecule has 33 heavy (non-hydrogen) atoms. The third kappa shape index (κ3) is 4.62. The van der Waals surface area contributed by atoms with Crippen LogP contribution >= 0.6 is 0 Å². The summed E-state index contributed by atoms with van der Waals surface area (Å²) in [5.74, 6) is -0.400. The molecule has 1 aromatic heterocycles. The first-order valence-corrected chi connectivity index (χ1v) is 11.8. The van der Waals surface area contributed by atoms with E-state index in [9.17, 15) is 18.0 Å². The van der Waals surface area contributed by atoms with Crippen molar-refractivity contribution in [1.82, 2.24) is 5.32 Å². The van der Waals surface area contributed by atoms with Crippen molar-refractivity contribution in [3.05, 3.63) is 77.2 Å². The fourth-order valence-corrected chi connectivity index (χ4v) is 4.50. The Kier molecular flexibility index (Phi) is 5.96. The van der Waals surface area contributed by atoms with E-state index in [-0.39, 0.29) is 22.6 Å². The van der Waals surface area contributed by atoms with Crippen molar-refractivity contribution in [1.29, 1.82) is 0 Å². The second-order valence-electron chi connectivity index (χ2n) is 7.90. The molecule has 4 N–H and O–H groups in total. The summed E-state index contributed by atoms with van der Waals surface area (Å²) in [6, 6.07) is 13.1. The standard InChI is InChI=1S/C23H24N4O5S/c1-14-11-17-12-15(22(28)25-2)3-8-20(17)27(14)13-16-9-10-32-21(16)23(29)26-18-4-6-19(7-5-18)33(24,30)31/h3-10,12,14H,11,13H2,1-2H3,(H,25,28)(H,26,29)(H2,24,30,31). The molecule has 0 saturated carbocycles. The van der Waals surface area contributed by atoms with E-state index < -0.39 is 15.9 Å². The van der Waals surface area contributed by atoms with Gasteiger partial charge in [-0.15, -0.1) is 0 Å². The van der Waals surface area contributed by atoms with Crippen LogP contribution in [0, 0.1) is 0 Å². The molecule has 0 spiro atoms. The first-order chi connectivity index (χ1) is 15.7. The van der Waals surface area contributed by atoms with E-state index in [1.54, 1.807) is 19.2 Å². The zero-order valence-electron chi connectivity index (χ0n) is 18.2. The Morgan fingerprint density at radius 3 is 2.52 bits per heavy atom. The Bertz CT molecular complexity index is 1310. The molecule has 0 fully saturated rings. The van der Waals surface area contributed by atoms with Gasteiger partial charge in [0.05, 0.1) is 11.2 Å². The number of fused-ring (bicyclic) bond motifs is 1. The van der Waals surface area contributed by atoms with Crippen molar-refractivity contribution >= 4 is 33.2 Å². The molecule has 10 heteroatoms. The second kappa shape index (κ2) is 8.72. The molecule has 0 bridgehead atoms. The maximum Gasteiger partial charge on any atom is 0.291 e. The summed E-state index contributed by atoms with van der Waals surface area (Å²) in [6.45, 7) is 2.55. The average Bonchev–Trinajstić information content (AvgIpc) is 3.37. The zero-order chi connectivity index (χ0) is 23.8. The lowest BCUT2D eigenvalue weighted by molar-refractivity contribution is 0.0961. The number of primary sulfonamides is 1. The van der Waals surface area contributed by atoms with Crippen LogP contribution < -0.4 is 20.7 Å². The van der Waals surface area contributed by atoms with E-state index in [0.29, 0.717) is 23.4 Å². The lowest BCUT2D eigenvalue weighted by Gasteiger charge is -2.24. The number of nitrogens with one attached hydrogen (secondary N) is 2. The number of hydrogen-bond donors (Lipinski definition) is 3. The molecule has 2 aromatic carbocycles. The lowest BCUT2D eigenvalue weighted by Crippen LogP contribution is -2.29. The fourth-order valence-electron chi connectivity index (χ4n) is 3.98. The van der Waals surface area contributed by atoms with Gasteiger partial charge in [0, 0.05) is 42.1 Å². The van der Waals surface area contributed by atoms with Crippen LogP contribution in [0.5, 0.6) is 0 Å². The number of sulfonamides is 1. The zero-order valence-corrected chi connectivity index (χ0v) is 19.0. The van der Waals surface area contributed by atoms with Gasteiger partial charge in [0.25, 0.3) is 11.8 Å². The van der Waals surface area contributed by atoms with Crippen molar-refractivity contribution in [2.24, 2.45) is 5.14 Å². The van der Waals surface area contributed by atoms with Gasteiger partial charge in [-0.25, -0.2) is 13.6 Å². The van der Waals surface area contributed by atoms with Gasteiger partial charge in [-0.2, -0.15) is 0 Å². The van der Waals surface area contributed by atoms with Gasteiger partial charge in [-0.3, -0.25) is 9.59 Å². The number of furan rings is 1.